The van der Waals surface area contributed by atoms with E-state index in [1.54, 1.807) is 0 Å². The molecule has 0 aliphatic carbocycles. The van der Waals surface area contributed by atoms with Crippen LogP contribution in [0.25, 0.3) is 0 Å². The second-order valence-electron chi connectivity index (χ2n) is 14.1. The highest BCUT2D eigenvalue weighted by molar-refractivity contribution is 5.78. The number of ketones is 1. The number of rotatable bonds is 37. The highest BCUT2D eigenvalue weighted by atomic mass is 16.5. The van der Waals surface area contributed by atoms with Crippen molar-refractivity contribution in [3.63, 3.8) is 0 Å². The van der Waals surface area contributed by atoms with Gasteiger partial charge in [-0.3, -0.25) is 9.59 Å². The molecule has 262 valence electrons. The van der Waals surface area contributed by atoms with Gasteiger partial charge in [0.2, 0.25) is 0 Å². The van der Waals surface area contributed by atoms with Gasteiger partial charge in [-0.15, -0.1) is 0 Å². The smallest absolute Gasteiger partial charge is 0.305 e. The summed E-state index contributed by atoms with van der Waals surface area (Å²) in [4.78, 5) is 24.4. The SMILES string of the molecule is CCCCCCCCCCCCC(CCCCCCCCCCCC)CCOC(=O)CCCCCC(=O)CCCCCCC. The summed E-state index contributed by atoms with van der Waals surface area (Å²) >= 11 is 0. The Morgan fingerprint density at radius 1 is 0.386 bits per heavy atom. The van der Waals surface area contributed by atoms with Crippen molar-refractivity contribution in [1.29, 1.82) is 0 Å². The van der Waals surface area contributed by atoms with Crippen LogP contribution in [0.3, 0.4) is 0 Å². The largest absolute Gasteiger partial charge is 0.466 e. The number of esters is 1. The first-order valence-corrected chi connectivity index (χ1v) is 20.3. The normalized spacial score (nSPS) is 11.5. The van der Waals surface area contributed by atoms with Crippen molar-refractivity contribution in [3.05, 3.63) is 0 Å². The van der Waals surface area contributed by atoms with Gasteiger partial charge in [0.05, 0.1) is 6.61 Å². The van der Waals surface area contributed by atoms with Crippen molar-refractivity contribution in [2.24, 2.45) is 5.92 Å². The average Bonchev–Trinajstić information content (AvgIpc) is 3.02. The summed E-state index contributed by atoms with van der Waals surface area (Å²) in [5.74, 6) is 1.07. The highest BCUT2D eigenvalue weighted by Gasteiger charge is 2.11. The van der Waals surface area contributed by atoms with Gasteiger partial charge in [0.1, 0.15) is 5.78 Å². The van der Waals surface area contributed by atoms with Crippen molar-refractivity contribution >= 4 is 11.8 Å². The fourth-order valence-corrected chi connectivity index (χ4v) is 6.50. The second-order valence-corrected chi connectivity index (χ2v) is 14.1. The van der Waals surface area contributed by atoms with Gasteiger partial charge in [-0.25, -0.2) is 0 Å². The molecule has 0 spiro atoms. The van der Waals surface area contributed by atoms with E-state index in [9.17, 15) is 9.59 Å². The van der Waals surface area contributed by atoms with Crippen LogP contribution in [0.4, 0.5) is 0 Å². The number of ether oxygens (including phenoxy) is 1. The van der Waals surface area contributed by atoms with Gasteiger partial charge in [0, 0.05) is 19.3 Å². The van der Waals surface area contributed by atoms with E-state index in [1.165, 1.54) is 167 Å². The minimum absolute atomic E-state index is 0.0381. The van der Waals surface area contributed by atoms with Gasteiger partial charge in [-0.2, -0.15) is 0 Å². The van der Waals surface area contributed by atoms with Crippen molar-refractivity contribution in [3.8, 4) is 0 Å². The zero-order chi connectivity index (χ0) is 32.2. The molecule has 3 nitrogen and oxygen atoms in total. The van der Waals surface area contributed by atoms with Crippen molar-refractivity contribution in [2.75, 3.05) is 6.61 Å². The van der Waals surface area contributed by atoms with E-state index >= 15 is 0 Å². The maximum absolute atomic E-state index is 12.3. The Bertz CT molecular complexity index is 562. The van der Waals surface area contributed by atoms with E-state index in [2.05, 4.69) is 20.8 Å². The van der Waals surface area contributed by atoms with E-state index in [1.807, 2.05) is 0 Å². The molecule has 0 N–H and O–H groups in total. The lowest BCUT2D eigenvalue weighted by atomic mass is 9.91. The first kappa shape index (κ1) is 43.1. The lowest BCUT2D eigenvalue weighted by Crippen LogP contribution is -2.10. The topological polar surface area (TPSA) is 43.4 Å². The summed E-state index contributed by atoms with van der Waals surface area (Å²) in [5, 5.41) is 0. The Balaban J connectivity index is 4.07. The number of hydrogen-bond acceptors (Lipinski definition) is 3. The Morgan fingerprint density at radius 2 is 0.705 bits per heavy atom. The molecule has 0 radical (unpaired) electrons. The van der Waals surface area contributed by atoms with Crippen molar-refractivity contribution < 1.29 is 14.3 Å². The molecule has 0 saturated heterocycles. The van der Waals surface area contributed by atoms with Crippen LogP contribution in [-0.2, 0) is 14.3 Å². The molecule has 0 aliphatic heterocycles. The molecular formula is C41H80O3. The van der Waals surface area contributed by atoms with Crippen molar-refractivity contribution in [1.82, 2.24) is 0 Å². The van der Waals surface area contributed by atoms with Gasteiger partial charge in [-0.1, -0.05) is 194 Å². The molecule has 3 heteroatoms. The average molecular weight is 621 g/mol. The molecule has 0 heterocycles. The van der Waals surface area contributed by atoms with Gasteiger partial charge in [0.25, 0.3) is 0 Å². The Kier molecular flexibility index (Phi) is 35.9. The zero-order valence-electron chi connectivity index (χ0n) is 30.6. The monoisotopic (exact) mass is 621 g/mol. The molecule has 44 heavy (non-hydrogen) atoms. The fraction of sp³-hybridized carbons (Fsp3) is 0.951. The Labute approximate surface area is 277 Å². The lowest BCUT2D eigenvalue weighted by Gasteiger charge is -2.17. The maximum Gasteiger partial charge on any atom is 0.305 e. The van der Waals surface area contributed by atoms with Crippen LogP contribution in [0.15, 0.2) is 0 Å². The van der Waals surface area contributed by atoms with Crippen LogP contribution >= 0.6 is 0 Å². The van der Waals surface area contributed by atoms with E-state index in [0.29, 0.717) is 31.1 Å². The number of unbranched alkanes of at least 4 members (excludes halogenated alkanes) is 24. The Hall–Kier alpha value is -0.860. The number of carbonyl (C=O) groups is 2. The fourth-order valence-electron chi connectivity index (χ4n) is 6.50. The minimum atomic E-state index is -0.0381. The summed E-state index contributed by atoms with van der Waals surface area (Å²) in [6, 6.07) is 0. The van der Waals surface area contributed by atoms with Gasteiger partial charge in [0.15, 0.2) is 0 Å². The molecule has 0 aliphatic rings. The summed E-state index contributed by atoms with van der Waals surface area (Å²) in [7, 11) is 0. The molecule has 0 aromatic carbocycles. The molecule has 0 amide bonds. The first-order chi connectivity index (χ1) is 21.6. The molecule has 0 fully saturated rings. The minimum Gasteiger partial charge on any atom is -0.466 e. The van der Waals surface area contributed by atoms with E-state index < -0.39 is 0 Å². The summed E-state index contributed by atoms with van der Waals surface area (Å²) in [5.41, 5.74) is 0. The molecule has 0 aromatic rings. The summed E-state index contributed by atoms with van der Waals surface area (Å²) in [6.45, 7) is 7.39. The number of Topliss-reactive ketones (excluding diaryl/α,β-unsaturated/α-hetero) is 1. The predicted molar refractivity (Wildman–Crippen MR) is 193 cm³/mol. The van der Waals surface area contributed by atoms with Crippen LogP contribution in [-0.4, -0.2) is 18.4 Å². The third-order valence-corrected chi connectivity index (χ3v) is 9.62. The first-order valence-electron chi connectivity index (χ1n) is 20.3. The van der Waals surface area contributed by atoms with Gasteiger partial charge < -0.3 is 4.74 Å². The third-order valence-electron chi connectivity index (χ3n) is 9.62. The van der Waals surface area contributed by atoms with Crippen LogP contribution in [0.1, 0.15) is 239 Å². The van der Waals surface area contributed by atoms with Crippen LogP contribution in [0.5, 0.6) is 0 Å². The van der Waals surface area contributed by atoms with Crippen LogP contribution in [0.2, 0.25) is 0 Å². The highest BCUT2D eigenvalue weighted by Crippen LogP contribution is 2.23. The molecule has 0 saturated carbocycles. The number of carbonyl (C=O) groups excluding carboxylic acids is 2. The molecule has 0 atom stereocenters. The predicted octanol–water partition coefficient (Wildman–Crippen LogP) is 14.0. The third kappa shape index (κ3) is 34.0. The second kappa shape index (κ2) is 36.6. The molecule has 0 unspecified atom stereocenters. The quantitative estimate of drug-likeness (QED) is 0.0512. The summed E-state index contributed by atoms with van der Waals surface area (Å²) in [6.07, 6.45) is 42.1. The van der Waals surface area contributed by atoms with Gasteiger partial charge >= 0.3 is 5.97 Å². The van der Waals surface area contributed by atoms with E-state index in [-0.39, 0.29) is 5.97 Å². The van der Waals surface area contributed by atoms with Crippen LogP contribution < -0.4 is 0 Å². The number of hydrogen-bond donors (Lipinski definition) is 0. The molecule has 0 aromatic heterocycles. The van der Waals surface area contributed by atoms with E-state index in [4.69, 9.17) is 4.74 Å². The molecular weight excluding hydrogens is 540 g/mol. The standard InChI is InChI=1S/C41H80O3/c1-4-7-10-13-15-17-19-21-24-27-32-39(33-28-25-22-20-18-16-14-11-8-5-2)37-38-44-41(43)36-31-26-30-35-40(42)34-29-23-12-9-6-3/h39H,4-38H2,1-3H3. The summed E-state index contributed by atoms with van der Waals surface area (Å²) < 4.78 is 5.68. The van der Waals surface area contributed by atoms with Crippen molar-refractivity contribution in [2.45, 2.75) is 239 Å². The zero-order valence-corrected chi connectivity index (χ0v) is 30.6. The Morgan fingerprint density at radius 3 is 1.11 bits per heavy atom. The molecule has 0 rings (SSSR count). The van der Waals surface area contributed by atoms with Crippen LogP contribution in [0, 0.1) is 5.92 Å². The van der Waals surface area contributed by atoms with E-state index in [0.717, 1.165) is 38.5 Å². The maximum atomic E-state index is 12.3. The lowest BCUT2D eigenvalue weighted by molar-refractivity contribution is -0.144. The molecule has 0 bridgehead atoms. The van der Waals surface area contributed by atoms with Gasteiger partial charge in [-0.05, 0) is 31.6 Å².